The van der Waals surface area contributed by atoms with Crippen LogP contribution >= 0.6 is 11.3 Å². The van der Waals surface area contributed by atoms with E-state index in [0.717, 1.165) is 72.1 Å². The number of β-amino-alcohol motifs (C(OH)–C–C–N with tert-alkyl or cyclic N) is 1. The molecule has 0 bridgehead atoms. The largest absolute Gasteiger partial charge is 0.507 e. The van der Waals surface area contributed by atoms with E-state index in [0.29, 0.717) is 41.9 Å². The van der Waals surface area contributed by atoms with Crippen LogP contribution in [0.15, 0.2) is 101 Å². The lowest BCUT2D eigenvalue weighted by Gasteiger charge is -2.34. The molecule has 72 heavy (non-hydrogen) atoms. The number of para-hydroxylation sites is 1. The van der Waals surface area contributed by atoms with Crippen molar-refractivity contribution in [1.29, 1.82) is 0 Å². The topological polar surface area (TPSA) is 203 Å². The summed E-state index contributed by atoms with van der Waals surface area (Å²) in [6.07, 6.45) is 1.45. The van der Waals surface area contributed by atoms with Crippen LogP contribution in [0.5, 0.6) is 11.6 Å². The molecule has 18 heteroatoms. The highest BCUT2D eigenvalue weighted by molar-refractivity contribution is 7.13. The number of nitrogen functional groups attached to an aromatic ring is 1. The Balaban J connectivity index is 0.727. The number of nitrogens with one attached hydrogen (secondary N) is 1. The molecule has 3 aromatic heterocycles. The second-order valence-corrected chi connectivity index (χ2v) is 20.4. The molecule has 0 aliphatic carbocycles. The van der Waals surface area contributed by atoms with Gasteiger partial charge in [-0.2, -0.15) is 0 Å². The van der Waals surface area contributed by atoms with Crippen LogP contribution in [0.1, 0.15) is 85.8 Å². The zero-order chi connectivity index (χ0) is 50.6. The molecule has 6 aromatic rings. The van der Waals surface area contributed by atoms with Crippen LogP contribution in [0.4, 0.5) is 5.82 Å². The number of aliphatic hydroxyl groups is 1. The van der Waals surface area contributed by atoms with Crippen LogP contribution in [0.25, 0.3) is 27.3 Å². The summed E-state index contributed by atoms with van der Waals surface area (Å²) in [5.74, 6) is -0.329. The number of nitrogens with zero attached hydrogens (tertiary/aromatic N) is 9. The molecule has 3 aromatic carbocycles. The molecular weight excluding hydrogens is 931 g/mol. The van der Waals surface area contributed by atoms with E-state index in [2.05, 4.69) is 89.9 Å². The van der Waals surface area contributed by atoms with Gasteiger partial charge in [0.1, 0.15) is 24.3 Å². The van der Waals surface area contributed by atoms with E-state index in [9.17, 15) is 19.8 Å². The minimum atomic E-state index is -0.827. The molecule has 5 N–H and O–H groups in total. The fourth-order valence-corrected chi connectivity index (χ4v) is 10.8. The normalized spacial score (nSPS) is 19.1. The van der Waals surface area contributed by atoms with Gasteiger partial charge in [-0.1, -0.05) is 74.5 Å². The number of likely N-dealkylation sites (tertiary alicyclic amines) is 1. The van der Waals surface area contributed by atoms with E-state index in [-0.39, 0.29) is 48.5 Å². The van der Waals surface area contributed by atoms with Crippen molar-refractivity contribution < 1.29 is 29.1 Å². The lowest BCUT2D eigenvalue weighted by molar-refractivity contribution is -0.141. The number of benzene rings is 3. The van der Waals surface area contributed by atoms with Gasteiger partial charge in [-0.25, -0.2) is 9.99 Å². The Morgan fingerprint density at radius 2 is 1.65 bits per heavy atom. The zero-order valence-electron chi connectivity index (χ0n) is 41.8. The molecular formula is C54H65N11O6S. The van der Waals surface area contributed by atoms with Crippen molar-refractivity contribution in [2.24, 2.45) is 5.92 Å². The summed E-state index contributed by atoms with van der Waals surface area (Å²) in [4.78, 5) is 39.8. The van der Waals surface area contributed by atoms with E-state index in [1.807, 2.05) is 75.7 Å². The number of hydrogen-bond donors (Lipinski definition) is 4. The van der Waals surface area contributed by atoms with Crippen molar-refractivity contribution in [1.82, 2.24) is 50.4 Å². The maximum Gasteiger partial charge on any atom is 0.254 e. The minimum absolute atomic E-state index is 0.0549. The lowest BCUT2D eigenvalue weighted by Crippen LogP contribution is -2.48. The van der Waals surface area contributed by atoms with E-state index in [4.69, 9.17) is 15.0 Å². The van der Waals surface area contributed by atoms with Gasteiger partial charge in [0.2, 0.25) is 11.8 Å². The minimum Gasteiger partial charge on any atom is -0.507 e. The first-order valence-electron chi connectivity index (χ1n) is 24.7. The van der Waals surface area contributed by atoms with E-state index < -0.39 is 18.1 Å². The predicted molar refractivity (Wildman–Crippen MR) is 277 cm³/mol. The molecule has 6 heterocycles. The molecule has 3 aliphatic heterocycles. The average Bonchev–Trinajstić information content (AvgIpc) is 4.20. The summed E-state index contributed by atoms with van der Waals surface area (Å²) < 4.78 is 11.8. The Morgan fingerprint density at radius 1 is 0.931 bits per heavy atom. The van der Waals surface area contributed by atoms with Crippen LogP contribution in [0.2, 0.25) is 0 Å². The second kappa shape index (κ2) is 22.0. The van der Waals surface area contributed by atoms with Gasteiger partial charge in [-0.05, 0) is 77.9 Å². The molecule has 5 atom stereocenters. The Hall–Kier alpha value is -6.70. The number of anilines is 1. The number of aliphatic hydroxyl groups excluding tert-OH is 1. The molecule has 9 rings (SSSR count). The fraction of sp³-hybridized carbons (Fsp3) is 0.407. The Kier molecular flexibility index (Phi) is 15.3. The molecule has 17 nitrogen and oxygen atoms in total. The van der Waals surface area contributed by atoms with Crippen LogP contribution < -0.4 is 15.8 Å². The lowest BCUT2D eigenvalue weighted by atomic mass is 9.91. The van der Waals surface area contributed by atoms with Gasteiger partial charge in [-0.3, -0.25) is 19.4 Å². The Labute approximate surface area is 424 Å². The van der Waals surface area contributed by atoms with Crippen LogP contribution in [-0.4, -0.2) is 139 Å². The van der Waals surface area contributed by atoms with Gasteiger partial charge in [0.05, 0.1) is 40.0 Å². The number of hydrazine groups is 1. The quantitative estimate of drug-likeness (QED) is 0.0735. The molecule has 3 aliphatic rings. The first kappa shape index (κ1) is 50.2. The van der Waals surface area contributed by atoms with Crippen molar-refractivity contribution in [2.75, 3.05) is 65.2 Å². The van der Waals surface area contributed by atoms with Crippen molar-refractivity contribution >= 4 is 34.5 Å². The van der Waals surface area contributed by atoms with E-state index in [1.165, 1.54) is 16.0 Å². The van der Waals surface area contributed by atoms with Crippen molar-refractivity contribution in [3.63, 3.8) is 0 Å². The molecule has 2 saturated heterocycles. The highest BCUT2D eigenvalue weighted by Crippen LogP contribution is 2.37. The number of aromatic hydroxyl groups is 1. The third kappa shape index (κ3) is 11.2. The van der Waals surface area contributed by atoms with Gasteiger partial charge in [0.25, 0.3) is 5.88 Å². The number of amides is 2. The van der Waals surface area contributed by atoms with Gasteiger partial charge < -0.3 is 40.4 Å². The van der Waals surface area contributed by atoms with Gasteiger partial charge >= 0.3 is 0 Å². The van der Waals surface area contributed by atoms with E-state index in [1.54, 1.807) is 29.5 Å². The van der Waals surface area contributed by atoms with Gasteiger partial charge in [0.15, 0.2) is 11.6 Å². The Bertz CT molecular complexity index is 2860. The number of thiazole rings is 1. The van der Waals surface area contributed by atoms with E-state index >= 15 is 0 Å². The summed E-state index contributed by atoms with van der Waals surface area (Å²) in [5.41, 5.74) is 16.6. The smallest absolute Gasteiger partial charge is 0.254 e. The zero-order valence-corrected chi connectivity index (χ0v) is 42.6. The summed E-state index contributed by atoms with van der Waals surface area (Å²) in [6.45, 7) is 16.3. The fourth-order valence-electron chi connectivity index (χ4n) is 10.0. The highest BCUT2D eigenvalue weighted by Gasteiger charge is 2.43. The van der Waals surface area contributed by atoms with Crippen molar-refractivity contribution in [2.45, 2.75) is 77.7 Å². The Morgan fingerprint density at radius 3 is 2.36 bits per heavy atom. The van der Waals surface area contributed by atoms with Crippen LogP contribution in [-0.2, 0) is 16.1 Å². The van der Waals surface area contributed by atoms with Gasteiger partial charge in [-0.15, -0.1) is 21.5 Å². The number of aryl methyl sites for hydroxylation is 1. The molecule has 2 fully saturated rings. The first-order chi connectivity index (χ1) is 34.7. The molecule has 0 radical (unpaired) electrons. The third-order valence-corrected chi connectivity index (χ3v) is 15.2. The number of carbonyl (C=O) groups is 2. The number of carbonyl (C=O) groups excluding carboxylic acids is 2. The number of phenolic OH excluding ortho intramolecular Hbond substituents is 1. The maximum atomic E-state index is 14.2. The monoisotopic (exact) mass is 995 g/mol. The highest BCUT2D eigenvalue weighted by atomic mass is 32.1. The van der Waals surface area contributed by atoms with Gasteiger partial charge in [0, 0.05) is 89.2 Å². The molecule has 2 amide bonds. The van der Waals surface area contributed by atoms with Crippen molar-refractivity contribution in [3.05, 3.63) is 130 Å². The predicted octanol–water partition coefficient (Wildman–Crippen LogP) is 6.89. The summed E-state index contributed by atoms with van der Waals surface area (Å²) in [7, 11) is 2.06. The number of likely N-dealkylation sites (N-methyl/N-ethyl adjacent to an activating group) is 1. The number of hydrogen-bond acceptors (Lipinski definition) is 16. The number of rotatable bonds is 17. The molecule has 0 spiro atoms. The SMILES string of the molecule is Cc1ncsc1-c1ccc([C@H](C)NC(=O)[C@@H]2C[C@@H](O)CN2C(=O)[C@H](c2cc(OCCN3CCN(Cc4ccc(C(C)N5C=C(c6cc(-c7ccccc7O)nnc6N)CN5C)cc4)CC3)no2)C(C)C)cc1. The first-order valence-corrected chi connectivity index (χ1v) is 25.6. The van der Waals surface area contributed by atoms with Crippen molar-refractivity contribution in [3.8, 4) is 33.3 Å². The molecule has 1 unspecified atom stereocenters. The number of aromatic nitrogens is 4. The van der Waals surface area contributed by atoms with Crippen LogP contribution in [0, 0.1) is 12.8 Å². The summed E-state index contributed by atoms with van der Waals surface area (Å²) in [5, 5.41) is 41.2. The number of phenols is 1. The molecule has 0 saturated carbocycles. The third-order valence-electron chi connectivity index (χ3n) is 14.2. The number of ether oxygens (including phenoxy) is 1. The standard InChI is InChI=1S/C54H65N11O6S/c1-33(2)50(54(69)64-31-42(66)25-46(64)53(68)57-34(3)38-15-17-40(18-16-38)51-35(4)56-32-72-51)48-27-49(60-71-48)70-24-23-62-19-21-63(22-20-62)28-37-11-13-39(14-12-37)36(5)65-30-41(29-61(65)6)44-26-45(58-59-52(44)55)43-9-7-8-10-47(43)67/h7-18,26-27,30,32-34,36,42,46,50,66-67H,19-25,28-29,31H2,1-6H3,(H2,55,59)(H,57,68)/t34-,36?,42+,46-,50-/m0/s1. The van der Waals surface area contributed by atoms with Crippen LogP contribution in [0.3, 0.4) is 0 Å². The second-order valence-electron chi connectivity index (χ2n) is 19.6. The summed E-state index contributed by atoms with van der Waals surface area (Å²) in [6, 6.07) is 26.5. The maximum absolute atomic E-state index is 14.2. The number of nitrogens with two attached hydrogens (primary N) is 1. The average molecular weight is 996 g/mol. The number of piperazine rings is 1. The summed E-state index contributed by atoms with van der Waals surface area (Å²) >= 11 is 1.59. The molecule has 378 valence electrons.